The van der Waals surface area contributed by atoms with Crippen LogP contribution in [0, 0.1) is 5.95 Å². The number of hydrogen-bond donors (Lipinski definition) is 4. The molecule has 2 fully saturated rings. The number of hydrazine groups is 1. The molecular formula is C24H29F2N6O2+. The summed E-state index contributed by atoms with van der Waals surface area (Å²) in [6.45, 7) is -0.190. The van der Waals surface area contributed by atoms with Crippen LogP contribution in [-0.2, 0) is 9.59 Å². The predicted molar refractivity (Wildman–Crippen MR) is 121 cm³/mol. The zero-order valence-corrected chi connectivity index (χ0v) is 18.7. The molecule has 0 radical (unpaired) electrons. The lowest BCUT2D eigenvalue weighted by molar-refractivity contribution is -0.276. The summed E-state index contributed by atoms with van der Waals surface area (Å²) in [6, 6.07) is 10.7. The number of carbonyl (C=O) groups excluding carboxylic acids is 2. The summed E-state index contributed by atoms with van der Waals surface area (Å²) in [5.41, 5.74) is 7.93. The molecule has 8 nitrogen and oxygen atoms in total. The lowest BCUT2D eigenvalue weighted by Crippen LogP contribution is -2.48. The molecule has 1 aliphatic heterocycles. The largest absolute Gasteiger partial charge is 0.342 e. The predicted octanol–water partition coefficient (Wildman–Crippen LogP) is 1.18. The van der Waals surface area contributed by atoms with E-state index in [-0.39, 0.29) is 25.3 Å². The minimum absolute atomic E-state index is 0.124. The molecule has 3 atom stereocenters. The summed E-state index contributed by atoms with van der Waals surface area (Å²) in [5.74, 6) is 4.06. The molecule has 34 heavy (non-hydrogen) atoms. The first kappa shape index (κ1) is 23.8. The molecule has 1 aromatic carbocycles. The van der Waals surface area contributed by atoms with Gasteiger partial charge in [-0.1, -0.05) is 36.4 Å². The van der Waals surface area contributed by atoms with Crippen LogP contribution < -0.4 is 22.3 Å². The van der Waals surface area contributed by atoms with Crippen LogP contribution in [0.2, 0.25) is 0 Å². The standard InChI is InChI=1S/C24H28F2N6O2/c25-16-10-20(32(13-16)21(33)11-17(12-27)31-28)24(34)30-22(15-4-2-1-3-5-15)19-9-8-18(14-6-7-14)23(26)29-19/h1-5,8-9,12,14,16,20,22,31H,6-7,10-11,13,27-28H2,(H,30,34)/p+1/b17-12-/t16-,20+,22+/m1/s1. The molecule has 1 saturated heterocycles. The van der Waals surface area contributed by atoms with E-state index in [9.17, 15) is 18.4 Å². The number of aromatic nitrogens is 1. The minimum atomic E-state index is -1.33. The number of nitrogens with zero attached hydrogens (tertiary/aromatic N) is 2. The van der Waals surface area contributed by atoms with Crippen molar-refractivity contribution in [1.82, 2.24) is 20.6 Å². The van der Waals surface area contributed by atoms with Crippen molar-refractivity contribution in [2.45, 2.75) is 49.9 Å². The molecule has 10 heteroatoms. The third-order valence-electron chi connectivity index (χ3n) is 6.28. The van der Waals surface area contributed by atoms with Crippen molar-refractivity contribution in [1.29, 1.82) is 0 Å². The van der Waals surface area contributed by atoms with Gasteiger partial charge in [0.05, 0.1) is 30.4 Å². The number of pyridine rings is 1. The van der Waals surface area contributed by atoms with Gasteiger partial charge in [-0.25, -0.2) is 9.37 Å². The molecule has 1 saturated carbocycles. The van der Waals surface area contributed by atoms with Crippen LogP contribution in [0.25, 0.3) is 0 Å². The maximum atomic E-state index is 14.7. The fraction of sp³-hybridized carbons (Fsp3) is 0.375. The Morgan fingerprint density at radius 1 is 1.24 bits per heavy atom. The minimum Gasteiger partial charge on any atom is -0.342 e. The van der Waals surface area contributed by atoms with E-state index < -0.39 is 36.0 Å². The number of likely N-dealkylation sites (tertiary alicyclic amines) is 1. The highest BCUT2D eigenvalue weighted by Gasteiger charge is 2.41. The maximum absolute atomic E-state index is 14.7. The van der Waals surface area contributed by atoms with Crippen molar-refractivity contribution in [3.05, 3.63) is 77.1 Å². The highest BCUT2D eigenvalue weighted by molar-refractivity contribution is 5.89. The van der Waals surface area contributed by atoms with E-state index >= 15 is 0 Å². The lowest BCUT2D eigenvalue weighted by atomic mass is 10.0. The third-order valence-corrected chi connectivity index (χ3v) is 6.28. The van der Waals surface area contributed by atoms with Gasteiger partial charge in [0.2, 0.25) is 17.8 Å². The molecule has 180 valence electrons. The van der Waals surface area contributed by atoms with Crippen molar-refractivity contribution in [2.24, 2.45) is 5.84 Å². The van der Waals surface area contributed by atoms with Crippen LogP contribution in [0.1, 0.15) is 54.5 Å². The van der Waals surface area contributed by atoms with Crippen molar-refractivity contribution in [2.75, 3.05) is 6.54 Å². The second kappa shape index (κ2) is 10.3. The summed E-state index contributed by atoms with van der Waals surface area (Å²) < 4.78 is 29.0. The fourth-order valence-corrected chi connectivity index (χ4v) is 4.29. The molecule has 7 N–H and O–H groups in total. The van der Waals surface area contributed by atoms with Gasteiger partial charge >= 0.3 is 0 Å². The fourth-order valence-electron chi connectivity index (χ4n) is 4.29. The normalized spacial score (nSPS) is 21.3. The van der Waals surface area contributed by atoms with Crippen LogP contribution in [0.4, 0.5) is 8.78 Å². The Morgan fingerprint density at radius 3 is 2.59 bits per heavy atom. The lowest BCUT2D eigenvalue weighted by Gasteiger charge is -2.27. The van der Waals surface area contributed by atoms with Gasteiger partial charge < -0.3 is 21.4 Å². The van der Waals surface area contributed by atoms with E-state index in [2.05, 4.69) is 21.5 Å². The molecule has 4 rings (SSSR count). The Balaban J connectivity index is 1.57. The van der Waals surface area contributed by atoms with E-state index in [1.165, 1.54) is 11.1 Å². The molecule has 2 heterocycles. The monoisotopic (exact) mass is 471 g/mol. The zero-order valence-electron chi connectivity index (χ0n) is 18.7. The average molecular weight is 472 g/mol. The van der Waals surface area contributed by atoms with Crippen molar-refractivity contribution in [3.63, 3.8) is 0 Å². The summed E-state index contributed by atoms with van der Waals surface area (Å²) in [4.78, 5) is 31.4. The first-order valence-corrected chi connectivity index (χ1v) is 11.3. The topological polar surface area (TPSA) is 128 Å². The van der Waals surface area contributed by atoms with Crippen LogP contribution in [0.3, 0.4) is 0 Å². The van der Waals surface area contributed by atoms with Crippen molar-refractivity contribution >= 4 is 11.8 Å². The van der Waals surface area contributed by atoms with Gasteiger partial charge in [-0.05, 0) is 30.4 Å². The molecule has 1 aromatic heterocycles. The SMILES string of the molecule is NN/C(=C\[NH3+])CC(=O)N1C[C@H](F)C[C@H]1C(=O)N[C@@H](c1ccccc1)c1ccc(C2CC2)c(F)n1. The summed E-state index contributed by atoms with van der Waals surface area (Å²) in [7, 11) is 0. The van der Waals surface area contributed by atoms with Crippen LogP contribution in [0.5, 0.6) is 0 Å². The second-order valence-electron chi connectivity index (χ2n) is 8.69. The summed E-state index contributed by atoms with van der Waals surface area (Å²) in [5, 5.41) is 2.87. The van der Waals surface area contributed by atoms with Gasteiger partial charge in [0, 0.05) is 12.0 Å². The van der Waals surface area contributed by atoms with E-state index in [0.29, 0.717) is 22.5 Å². The van der Waals surface area contributed by atoms with E-state index in [1.807, 2.05) is 6.07 Å². The molecule has 2 amide bonds. The Bertz CT molecular complexity index is 1080. The van der Waals surface area contributed by atoms with Crippen molar-refractivity contribution < 1.29 is 24.1 Å². The number of amides is 2. The molecule has 2 aromatic rings. The Labute approximate surface area is 196 Å². The number of carbonyl (C=O) groups is 2. The molecule has 2 aliphatic rings. The van der Waals surface area contributed by atoms with Gasteiger partial charge in [-0.3, -0.25) is 15.4 Å². The van der Waals surface area contributed by atoms with Crippen LogP contribution in [0.15, 0.2) is 54.4 Å². The highest BCUT2D eigenvalue weighted by Crippen LogP contribution is 2.41. The smallest absolute Gasteiger partial charge is 0.243 e. The number of benzene rings is 1. The van der Waals surface area contributed by atoms with Crippen LogP contribution in [-0.4, -0.2) is 40.5 Å². The third kappa shape index (κ3) is 5.23. The number of nitrogens with one attached hydrogen (secondary N) is 2. The van der Waals surface area contributed by atoms with Gasteiger partial charge in [0.1, 0.15) is 18.4 Å². The molecule has 0 unspecified atom stereocenters. The van der Waals surface area contributed by atoms with E-state index in [0.717, 1.165) is 12.8 Å². The summed E-state index contributed by atoms with van der Waals surface area (Å²) in [6.07, 6.45) is 1.69. The number of halogens is 2. The van der Waals surface area contributed by atoms with Gasteiger partial charge in [-0.2, -0.15) is 4.39 Å². The number of rotatable bonds is 8. The first-order valence-electron chi connectivity index (χ1n) is 11.3. The maximum Gasteiger partial charge on any atom is 0.243 e. The molecule has 0 spiro atoms. The number of alkyl halides is 1. The Morgan fingerprint density at radius 2 is 1.97 bits per heavy atom. The van der Waals surface area contributed by atoms with E-state index in [4.69, 9.17) is 5.84 Å². The zero-order chi connectivity index (χ0) is 24.2. The second-order valence-corrected chi connectivity index (χ2v) is 8.69. The first-order chi connectivity index (χ1) is 16.4. The van der Waals surface area contributed by atoms with Gasteiger partial charge in [-0.15, -0.1) is 0 Å². The van der Waals surface area contributed by atoms with Gasteiger partial charge in [0.15, 0.2) is 0 Å². The Kier molecular flexibility index (Phi) is 7.18. The number of hydrogen-bond acceptors (Lipinski definition) is 5. The number of quaternary nitrogens is 1. The van der Waals surface area contributed by atoms with Crippen LogP contribution >= 0.6 is 0 Å². The molecule has 1 aliphatic carbocycles. The quantitative estimate of drug-likeness (QED) is 0.261. The Hall–Kier alpha value is -3.37. The molecular weight excluding hydrogens is 442 g/mol. The average Bonchev–Trinajstić information content (AvgIpc) is 3.61. The van der Waals surface area contributed by atoms with Crippen molar-refractivity contribution in [3.8, 4) is 0 Å². The highest BCUT2D eigenvalue weighted by atomic mass is 19.1. The number of nitrogens with two attached hydrogens (primary N) is 1. The molecule has 0 bridgehead atoms. The van der Waals surface area contributed by atoms with E-state index in [1.54, 1.807) is 36.4 Å². The van der Waals surface area contributed by atoms with Gasteiger partial charge in [0.25, 0.3) is 0 Å². The summed E-state index contributed by atoms with van der Waals surface area (Å²) >= 11 is 0.